The van der Waals surface area contributed by atoms with Gasteiger partial charge in [-0.05, 0) is 0 Å². The molecule has 0 aliphatic rings. The predicted molar refractivity (Wildman–Crippen MR) is 23.3 cm³/mol. The molecule has 0 aliphatic heterocycles. The van der Waals surface area contributed by atoms with E-state index in [-0.39, 0.29) is 18.9 Å². The van der Waals surface area contributed by atoms with Crippen LogP contribution in [-0.2, 0) is 15.2 Å². The van der Waals surface area contributed by atoms with Crippen LogP contribution < -0.4 is 0 Å². The monoisotopic (exact) mass is 309 g/mol. The van der Waals surface area contributed by atoms with Crippen molar-refractivity contribution in [3.63, 3.8) is 0 Å². The van der Waals surface area contributed by atoms with Crippen molar-refractivity contribution in [2.75, 3.05) is 0 Å². The van der Waals surface area contributed by atoms with E-state index in [1.54, 1.807) is 0 Å². The van der Waals surface area contributed by atoms with Crippen molar-refractivity contribution >= 4 is 46.4 Å². The first kappa shape index (κ1) is 10.2. The van der Waals surface area contributed by atoms with Crippen LogP contribution in [0.3, 0.4) is 0 Å². The average molecular weight is 310 g/mol. The fourth-order valence-corrected chi connectivity index (χ4v) is 0. The summed E-state index contributed by atoms with van der Waals surface area (Å²) in [6.45, 7) is 0. The Kier molecular flexibility index (Phi) is 12.7. The van der Waals surface area contributed by atoms with Crippen molar-refractivity contribution in [3.05, 3.63) is 0 Å². The van der Waals surface area contributed by atoms with Crippen molar-refractivity contribution < 1.29 is 15.2 Å². The summed E-state index contributed by atoms with van der Waals surface area (Å²) < 4.78 is 0. The van der Waals surface area contributed by atoms with Gasteiger partial charge in [-0.2, -0.15) is 0 Å². The van der Waals surface area contributed by atoms with Gasteiger partial charge in [-0.1, -0.05) is 0 Å². The van der Waals surface area contributed by atoms with Gasteiger partial charge in [0.05, 0.1) is 0 Å². The van der Waals surface area contributed by atoms with Gasteiger partial charge >= 0.3 is 42.8 Å². The molecule has 0 unspecified atom stereocenters. The van der Waals surface area contributed by atoms with Gasteiger partial charge in [-0.3, -0.25) is 0 Å². The van der Waals surface area contributed by atoms with E-state index in [4.69, 9.17) is 27.6 Å². The minimum atomic E-state index is -1.79. The topological polar surface area (TPSA) is 0 Å². The molecule has 1 radical (unpaired) electrons. The van der Waals surface area contributed by atoms with Crippen LogP contribution >= 0.6 is 27.6 Å². The summed E-state index contributed by atoms with van der Waals surface area (Å²) in [6, 6.07) is 0. The average Bonchev–Trinajstić information content (AvgIpc) is 0.811. The van der Waals surface area contributed by atoms with E-state index in [0.717, 1.165) is 0 Å². The van der Waals surface area contributed by atoms with Crippen molar-refractivity contribution in [1.82, 2.24) is 0 Å². The Morgan fingerprint density at radius 3 is 1.00 bits per heavy atom. The molecule has 0 rings (SSSR count). The van der Waals surface area contributed by atoms with Crippen LogP contribution in [0.25, 0.3) is 0 Å². The van der Waals surface area contributed by atoms with Crippen LogP contribution in [0, 0.1) is 0 Å². The summed E-state index contributed by atoms with van der Waals surface area (Å²) in [4.78, 5) is 0. The standard InChI is InChI=1S/Au.3ClH.Li/h;3*1H;/q+3;;;;/p-3. The molecule has 0 saturated carbocycles. The molecule has 0 N–H and O–H groups in total. The van der Waals surface area contributed by atoms with E-state index >= 15 is 0 Å². The Bertz CT molecular complexity index is 11.6. The van der Waals surface area contributed by atoms with Crippen LogP contribution in [0.5, 0.6) is 0 Å². The van der Waals surface area contributed by atoms with Gasteiger partial charge < -0.3 is 0 Å². The molecule has 0 atom stereocenters. The molecule has 0 fully saturated rings. The molecular formula is AuCl3Li. The molecule has 0 amide bonds. The molecule has 0 saturated heterocycles. The van der Waals surface area contributed by atoms with Gasteiger partial charge in [0.25, 0.3) is 0 Å². The zero-order chi connectivity index (χ0) is 3.58. The zero-order valence-corrected chi connectivity index (χ0v) is 6.87. The minimum Gasteiger partial charge on any atom is 0 e. The normalized spacial score (nSPS) is 9.00. The van der Waals surface area contributed by atoms with E-state index in [1.807, 2.05) is 0 Å². The van der Waals surface area contributed by atoms with E-state index in [2.05, 4.69) is 0 Å². The van der Waals surface area contributed by atoms with Crippen molar-refractivity contribution in [2.24, 2.45) is 0 Å². The molecule has 0 spiro atoms. The molecule has 0 aromatic carbocycles. The first-order chi connectivity index (χ1) is 1.73. The molecule has 0 heterocycles. The Morgan fingerprint density at radius 1 is 1.00 bits per heavy atom. The van der Waals surface area contributed by atoms with E-state index < -0.39 is 15.2 Å². The molecule has 0 nitrogen and oxygen atoms in total. The third kappa shape index (κ3) is 22.5. The van der Waals surface area contributed by atoms with Crippen LogP contribution in [-0.4, -0.2) is 18.9 Å². The maximum Gasteiger partial charge on any atom is 0 e. The second-order valence-electron chi connectivity index (χ2n) is 0.129. The Morgan fingerprint density at radius 2 is 1.00 bits per heavy atom. The molecular weight excluding hydrogens is 310 g/mol. The quantitative estimate of drug-likeness (QED) is 0.597. The summed E-state index contributed by atoms with van der Waals surface area (Å²) in [6.07, 6.45) is 0. The van der Waals surface area contributed by atoms with Gasteiger partial charge in [0.1, 0.15) is 0 Å². The van der Waals surface area contributed by atoms with Crippen molar-refractivity contribution in [3.8, 4) is 0 Å². The summed E-state index contributed by atoms with van der Waals surface area (Å²) in [5.41, 5.74) is 0. The minimum absolute atomic E-state index is 0. The molecule has 0 bridgehead atoms. The molecule has 5 heteroatoms. The van der Waals surface area contributed by atoms with Crippen LogP contribution in [0.1, 0.15) is 0 Å². The molecule has 0 aromatic rings. The first-order valence-corrected chi connectivity index (χ1v) is 8.40. The number of rotatable bonds is 0. The van der Waals surface area contributed by atoms with Crippen molar-refractivity contribution in [2.45, 2.75) is 0 Å². The number of halogens is 3. The third-order valence-corrected chi connectivity index (χ3v) is 0. The maximum absolute atomic E-state index is 4.95. The second kappa shape index (κ2) is 6.21. The summed E-state index contributed by atoms with van der Waals surface area (Å²) in [7, 11) is 14.9. The SMILES string of the molecule is [Cl][Au]([Cl])[Cl].[Li]. The smallest absolute Gasteiger partial charge is 0 e. The van der Waals surface area contributed by atoms with Crippen LogP contribution in [0.4, 0.5) is 0 Å². The molecule has 33 valence electrons. The van der Waals surface area contributed by atoms with Crippen LogP contribution in [0.15, 0.2) is 0 Å². The third-order valence-electron chi connectivity index (χ3n) is 0. The van der Waals surface area contributed by atoms with E-state index in [0.29, 0.717) is 0 Å². The van der Waals surface area contributed by atoms with Crippen LogP contribution in [0.2, 0.25) is 0 Å². The fraction of sp³-hybridized carbons (Fsp3) is 0. The summed E-state index contributed by atoms with van der Waals surface area (Å²) in [5, 5.41) is 0. The molecule has 5 heavy (non-hydrogen) atoms. The first-order valence-electron chi connectivity index (χ1n) is 0.342. The zero-order valence-electron chi connectivity index (χ0n) is 2.44. The van der Waals surface area contributed by atoms with Gasteiger partial charge in [-0.25, -0.2) is 0 Å². The Labute approximate surface area is 60.9 Å². The predicted octanol–water partition coefficient (Wildman–Crippen LogP) is 1.69. The Hall–Kier alpha value is 2.21. The summed E-state index contributed by atoms with van der Waals surface area (Å²) in [5.74, 6) is 0. The molecule has 0 aliphatic carbocycles. The van der Waals surface area contributed by atoms with E-state index in [9.17, 15) is 0 Å². The van der Waals surface area contributed by atoms with Gasteiger partial charge in [-0.15, -0.1) is 0 Å². The summed E-state index contributed by atoms with van der Waals surface area (Å²) >= 11 is -1.79. The number of hydrogen-bond donors (Lipinski definition) is 0. The van der Waals surface area contributed by atoms with Gasteiger partial charge in [0.15, 0.2) is 0 Å². The largest absolute Gasteiger partial charge is 0 e. The van der Waals surface area contributed by atoms with Gasteiger partial charge in [0.2, 0.25) is 0 Å². The van der Waals surface area contributed by atoms with E-state index in [1.165, 1.54) is 0 Å². The number of hydrogen-bond acceptors (Lipinski definition) is 0. The fourth-order valence-electron chi connectivity index (χ4n) is 0. The Balaban J connectivity index is 0. The maximum atomic E-state index is 4.95. The second-order valence-corrected chi connectivity index (χ2v) is 9.52. The van der Waals surface area contributed by atoms with Gasteiger partial charge in [0, 0.05) is 18.9 Å². The molecule has 0 aromatic heterocycles. The van der Waals surface area contributed by atoms with Crippen molar-refractivity contribution in [1.29, 1.82) is 0 Å².